The first kappa shape index (κ1) is 21.6. The second-order valence-corrected chi connectivity index (χ2v) is 7.04. The zero-order chi connectivity index (χ0) is 19.9. The van der Waals surface area contributed by atoms with Crippen LogP contribution in [-0.2, 0) is 14.4 Å². The summed E-state index contributed by atoms with van der Waals surface area (Å²) in [6.07, 6.45) is 1.27. The number of hydrogen-bond acceptors (Lipinski definition) is 4. The topological polar surface area (TPSA) is 107 Å². The largest absolute Gasteiger partial charge is 0.473 e. The molecule has 1 aromatic carbocycles. The molecule has 1 fully saturated rings. The first-order valence-electron chi connectivity index (χ1n) is 8.68. The minimum absolute atomic E-state index is 0.0688. The fourth-order valence-electron chi connectivity index (χ4n) is 3.16. The van der Waals surface area contributed by atoms with Crippen LogP contribution in [0.1, 0.15) is 32.8 Å². The Morgan fingerprint density at radius 3 is 2.12 bits per heavy atom. The average molecular weight is 364 g/mol. The van der Waals surface area contributed by atoms with Crippen LogP contribution in [0.15, 0.2) is 24.3 Å². The minimum Gasteiger partial charge on any atom is -0.473 e. The number of likely N-dealkylation sites (tertiary alicyclic amines) is 1. The van der Waals surface area contributed by atoms with E-state index in [-0.39, 0.29) is 11.9 Å². The number of piperidine rings is 1. The zero-order valence-electron chi connectivity index (χ0n) is 15.7. The summed E-state index contributed by atoms with van der Waals surface area (Å²) in [7, 11) is 0. The number of carboxylic acid groups (broad SMARTS) is 2. The lowest BCUT2D eigenvalue weighted by Gasteiger charge is -2.38. The predicted octanol–water partition coefficient (Wildman–Crippen LogP) is 2.46. The third kappa shape index (κ3) is 7.23. The first-order valence-corrected chi connectivity index (χ1v) is 8.68. The predicted molar refractivity (Wildman–Crippen MR) is 99.1 cm³/mol. The molecule has 0 saturated carbocycles. The summed E-state index contributed by atoms with van der Waals surface area (Å²) >= 11 is 0. The Bertz CT molecular complexity index is 625. The van der Waals surface area contributed by atoms with Gasteiger partial charge in [-0.3, -0.25) is 9.69 Å². The van der Waals surface area contributed by atoms with Crippen LogP contribution in [0.4, 0.5) is 5.69 Å². The Balaban J connectivity index is 0.000000487. The van der Waals surface area contributed by atoms with Crippen molar-refractivity contribution in [2.45, 2.75) is 40.2 Å². The molecule has 3 unspecified atom stereocenters. The van der Waals surface area contributed by atoms with Crippen LogP contribution in [0.2, 0.25) is 0 Å². The van der Waals surface area contributed by atoms with E-state index < -0.39 is 11.9 Å². The summed E-state index contributed by atoms with van der Waals surface area (Å²) in [6, 6.07) is 7.89. The molecule has 0 aromatic heterocycles. The number of aryl methyl sites for hydroxylation is 1. The Morgan fingerprint density at radius 2 is 1.65 bits per heavy atom. The number of amides is 1. The van der Waals surface area contributed by atoms with Gasteiger partial charge in [-0.05, 0) is 49.8 Å². The molecular weight excluding hydrogens is 336 g/mol. The highest BCUT2D eigenvalue weighted by atomic mass is 16.4. The number of carboxylic acids is 2. The molecule has 1 amide bonds. The van der Waals surface area contributed by atoms with E-state index in [2.05, 4.69) is 24.1 Å². The summed E-state index contributed by atoms with van der Waals surface area (Å²) in [5, 5.41) is 17.8. The molecule has 0 aliphatic carbocycles. The fraction of sp³-hybridized carbons (Fsp3) is 0.526. The van der Waals surface area contributed by atoms with E-state index in [9.17, 15) is 4.79 Å². The minimum atomic E-state index is -1.82. The van der Waals surface area contributed by atoms with Crippen molar-refractivity contribution in [3.05, 3.63) is 29.8 Å². The van der Waals surface area contributed by atoms with Crippen LogP contribution in [0, 0.1) is 18.8 Å². The normalized spacial score (nSPS) is 21.1. The van der Waals surface area contributed by atoms with Gasteiger partial charge >= 0.3 is 11.9 Å². The number of anilines is 1. The maximum absolute atomic E-state index is 12.4. The van der Waals surface area contributed by atoms with Gasteiger partial charge in [0.15, 0.2) is 0 Å². The summed E-state index contributed by atoms with van der Waals surface area (Å²) < 4.78 is 0. The highest BCUT2D eigenvalue weighted by Gasteiger charge is 2.28. The third-order valence-corrected chi connectivity index (χ3v) is 4.29. The fourth-order valence-corrected chi connectivity index (χ4v) is 3.16. The van der Waals surface area contributed by atoms with Gasteiger partial charge in [0.1, 0.15) is 0 Å². The quantitative estimate of drug-likeness (QED) is 0.711. The summed E-state index contributed by atoms with van der Waals surface area (Å²) in [5.74, 6) is -2.21. The summed E-state index contributed by atoms with van der Waals surface area (Å²) in [6.45, 7) is 10.6. The Morgan fingerprint density at radius 1 is 1.12 bits per heavy atom. The standard InChI is InChI=1S/C17H26N2O.C2H2O4/c1-12-6-5-7-16(9-12)18-17(20)15(4)19-10-13(2)8-14(3)11-19;3-1(4)2(5)6/h5-7,9,13-15H,8,10-11H2,1-4H3,(H,18,20);(H,3,4)(H,5,6). The molecule has 7 nitrogen and oxygen atoms in total. The Kier molecular flexibility index (Phi) is 8.25. The molecule has 1 aliphatic heterocycles. The van der Waals surface area contributed by atoms with Crippen LogP contribution in [0.25, 0.3) is 0 Å². The highest BCUT2D eigenvalue weighted by molar-refractivity contribution is 6.27. The van der Waals surface area contributed by atoms with Gasteiger partial charge in [-0.2, -0.15) is 0 Å². The second-order valence-electron chi connectivity index (χ2n) is 7.04. The van der Waals surface area contributed by atoms with E-state index in [0.29, 0.717) is 11.8 Å². The van der Waals surface area contributed by atoms with Gasteiger partial charge in [0.2, 0.25) is 5.91 Å². The molecule has 7 heteroatoms. The number of nitrogens with zero attached hydrogens (tertiary/aromatic N) is 1. The molecule has 2 rings (SSSR count). The van der Waals surface area contributed by atoms with Crippen molar-refractivity contribution >= 4 is 23.5 Å². The van der Waals surface area contributed by atoms with Crippen LogP contribution in [-0.4, -0.2) is 52.1 Å². The number of carbonyl (C=O) groups is 3. The number of hydrogen-bond donors (Lipinski definition) is 3. The van der Waals surface area contributed by atoms with Gasteiger partial charge in [-0.15, -0.1) is 0 Å². The van der Waals surface area contributed by atoms with Gasteiger partial charge in [0, 0.05) is 18.8 Å². The molecule has 3 N–H and O–H groups in total. The van der Waals surface area contributed by atoms with Gasteiger partial charge in [-0.25, -0.2) is 9.59 Å². The van der Waals surface area contributed by atoms with Crippen molar-refractivity contribution in [3.8, 4) is 0 Å². The van der Waals surface area contributed by atoms with Crippen molar-refractivity contribution < 1.29 is 24.6 Å². The smallest absolute Gasteiger partial charge is 0.414 e. The van der Waals surface area contributed by atoms with Crippen molar-refractivity contribution in [3.63, 3.8) is 0 Å². The number of rotatable bonds is 3. The van der Waals surface area contributed by atoms with Crippen molar-refractivity contribution in [2.24, 2.45) is 11.8 Å². The van der Waals surface area contributed by atoms with E-state index in [1.165, 1.54) is 6.42 Å². The molecule has 1 aromatic rings. The Hall–Kier alpha value is -2.41. The van der Waals surface area contributed by atoms with Crippen LogP contribution in [0.5, 0.6) is 0 Å². The molecule has 0 radical (unpaired) electrons. The van der Waals surface area contributed by atoms with Gasteiger partial charge < -0.3 is 15.5 Å². The molecule has 1 saturated heterocycles. The number of carbonyl (C=O) groups excluding carboxylic acids is 1. The van der Waals surface area contributed by atoms with Crippen molar-refractivity contribution in [2.75, 3.05) is 18.4 Å². The summed E-state index contributed by atoms with van der Waals surface area (Å²) in [4.78, 5) is 32.9. The van der Waals surface area contributed by atoms with E-state index in [1.54, 1.807) is 0 Å². The zero-order valence-corrected chi connectivity index (χ0v) is 15.7. The van der Waals surface area contributed by atoms with E-state index >= 15 is 0 Å². The lowest BCUT2D eigenvalue weighted by atomic mass is 9.91. The lowest BCUT2D eigenvalue weighted by Crippen LogP contribution is -2.48. The summed E-state index contributed by atoms with van der Waals surface area (Å²) in [5.41, 5.74) is 2.05. The van der Waals surface area contributed by atoms with E-state index in [1.807, 2.05) is 38.1 Å². The van der Waals surface area contributed by atoms with Gasteiger partial charge in [0.05, 0.1) is 6.04 Å². The molecule has 26 heavy (non-hydrogen) atoms. The molecular formula is C19H28N2O5. The maximum Gasteiger partial charge on any atom is 0.414 e. The lowest BCUT2D eigenvalue weighted by molar-refractivity contribution is -0.159. The molecule has 0 spiro atoms. The van der Waals surface area contributed by atoms with E-state index in [4.69, 9.17) is 19.8 Å². The van der Waals surface area contributed by atoms with Gasteiger partial charge in [-0.1, -0.05) is 26.0 Å². The Labute approximate surface area is 154 Å². The monoisotopic (exact) mass is 364 g/mol. The highest BCUT2D eigenvalue weighted by Crippen LogP contribution is 2.23. The first-order chi connectivity index (χ1) is 12.1. The van der Waals surface area contributed by atoms with Crippen molar-refractivity contribution in [1.82, 2.24) is 4.90 Å². The number of aliphatic carboxylic acids is 2. The molecule has 1 heterocycles. The third-order valence-electron chi connectivity index (χ3n) is 4.29. The number of benzene rings is 1. The SMILES string of the molecule is Cc1cccc(NC(=O)C(C)N2CC(C)CC(C)C2)c1.O=C(O)C(=O)O. The molecule has 0 bridgehead atoms. The number of nitrogens with one attached hydrogen (secondary N) is 1. The van der Waals surface area contributed by atoms with Crippen molar-refractivity contribution in [1.29, 1.82) is 0 Å². The maximum atomic E-state index is 12.4. The molecule has 144 valence electrons. The van der Waals surface area contributed by atoms with Gasteiger partial charge in [0.25, 0.3) is 0 Å². The second kappa shape index (κ2) is 9.91. The average Bonchev–Trinajstić information content (AvgIpc) is 2.53. The molecule has 1 aliphatic rings. The van der Waals surface area contributed by atoms with Crippen LogP contribution >= 0.6 is 0 Å². The van der Waals surface area contributed by atoms with E-state index in [0.717, 1.165) is 24.3 Å². The van der Waals surface area contributed by atoms with Crippen LogP contribution in [0.3, 0.4) is 0 Å². The molecule has 3 atom stereocenters. The van der Waals surface area contributed by atoms with Crippen LogP contribution < -0.4 is 5.32 Å².